The molecule has 0 radical (unpaired) electrons. The Labute approximate surface area is 94.8 Å². The maximum Gasteiger partial charge on any atom is 0.125 e. The van der Waals surface area contributed by atoms with E-state index in [4.69, 9.17) is 22.1 Å². The first-order chi connectivity index (χ1) is 7.07. The Kier molecular flexibility index (Phi) is 3.97. The van der Waals surface area contributed by atoms with Gasteiger partial charge in [0.05, 0.1) is 7.11 Å². The number of ether oxygens (including phenoxy) is 1. The van der Waals surface area contributed by atoms with E-state index in [2.05, 4.69) is 0 Å². The summed E-state index contributed by atoms with van der Waals surface area (Å²) in [5, 5.41) is 10.8. The lowest BCUT2D eigenvalue weighted by Gasteiger charge is -2.27. The van der Waals surface area contributed by atoms with Crippen LogP contribution >= 0.6 is 11.6 Å². The summed E-state index contributed by atoms with van der Waals surface area (Å²) in [4.78, 5) is 0. The van der Waals surface area contributed by atoms with E-state index >= 15 is 0 Å². The molecule has 1 unspecified atom stereocenters. The molecule has 84 valence electrons. The first-order valence-electron chi connectivity index (χ1n) is 4.84. The first-order valence-corrected chi connectivity index (χ1v) is 5.21. The molecule has 0 spiro atoms. The van der Waals surface area contributed by atoms with Crippen LogP contribution in [0.3, 0.4) is 0 Å². The highest BCUT2D eigenvalue weighted by molar-refractivity contribution is 6.30. The van der Waals surface area contributed by atoms with Gasteiger partial charge < -0.3 is 15.6 Å². The van der Waals surface area contributed by atoms with E-state index in [-0.39, 0.29) is 6.54 Å². The number of hydrogen-bond acceptors (Lipinski definition) is 3. The average Bonchev–Trinajstić information content (AvgIpc) is 2.28. The highest BCUT2D eigenvalue weighted by Gasteiger charge is 2.28. The smallest absolute Gasteiger partial charge is 0.125 e. The minimum atomic E-state index is -1.07. The molecule has 0 aliphatic heterocycles. The van der Waals surface area contributed by atoms with Gasteiger partial charge in [0.2, 0.25) is 0 Å². The van der Waals surface area contributed by atoms with Crippen molar-refractivity contribution in [3.63, 3.8) is 0 Å². The van der Waals surface area contributed by atoms with E-state index < -0.39 is 5.60 Å². The molecule has 0 amide bonds. The highest BCUT2D eigenvalue weighted by atomic mass is 35.5. The molecule has 1 rings (SSSR count). The number of methoxy groups -OCH3 is 1. The number of halogens is 1. The van der Waals surface area contributed by atoms with Crippen molar-refractivity contribution in [2.24, 2.45) is 5.73 Å². The van der Waals surface area contributed by atoms with Gasteiger partial charge in [-0.15, -0.1) is 0 Å². The summed E-state index contributed by atoms with van der Waals surface area (Å²) in [5.41, 5.74) is 5.14. The van der Waals surface area contributed by atoms with Crippen LogP contribution in [0.25, 0.3) is 0 Å². The minimum absolute atomic E-state index is 0.139. The number of benzene rings is 1. The summed E-state index contributed by atoms with van der Waals surface area (Å²) < 4.78 is 5.18. The van der Waals surface area contributed by atoms with Crippen LogP contribution in [0.4, 0.5) is 0 Å². The van der Waals surface area contributed by atoms with Gasteiger partial charge in [0, 0.05) is 17.1 Å². The average molecular weight is 230 g/mol. The van der Waals surface area contributed by atoms with Crippen LogP contribution in [0.15, 0.2) is 18.2 Å². The van der Waals surface area contributed by atoms with Gasteiger partial charge in [-0.05, 0) is 24.6 Å². The Hall–Kier alpha value is -0.770. The summed E-state index contributed by atoms with van der Waals surface area (Å²) >= 11 is 5.89. The molecule has 0 bridgehead atoms. The predicted octanol–water partition coefficient (Wildman–Crippen LogP) is 1.90. The van der Waals surface area contributed by atoms with Crippen molar-refractivity contribution < 1.29 is 9.84 Å². The van der Waals surface area contributed by atoms with Crippen molar-refractivity contribution >= 4 is 11.6 Å². The summed E-state index contributed by atoms with van der Waals surface area (Å²) in [6.45, 7) is 2.01. The van der Waals surface area contributed by atoms with Crippen LogP contribution in [-0.4, -0.2) is 18.8 Å². The van der Waals surface area contributed by atoms with Crippen LogP contribution in [0.5, 0.6) is 5.75 Å². The third kappa shape index (κ3) is 2.43. The molecule has 1 aromatic carbocycles. The van der Waals surface area contributed by atoms with Gasteiger partial charge >= 0.3 is 0 Å². The standard InChI is InChI=1S/C11H16ClNO2/c1-3-11(14,7-13)9-6-8(12)4-5-10(9)15-2/h4-6,14H,3,7,13H2,1-2H3. The second-order valence-corrected chi connectivity index (χ2v) is 3.87. The second-order valence-electron chi connectivity index (χ2n) is 3.43. The van der Waals surface area contributed by atoms with E-state index in [1.807, 2.05) is 6.92 Å². The Balaban J connectivity index is 3.26. The van der Waals surface area contributed by atoms with Gasteiger partial charge in [0.25, 0.3) is 0 Å². The van der Waals surface area contributed by atoms with Gasteiger partial charge in [-0.3, -0.25) is 0 Å². The first kappa shape index (κ1) is 12.3. The lowest BCUT2D eigenvalue weighted by Crippen LogP contribution is -2.34. The van der Waals surface area contributed by atoms with E-state index in [0.29, 0.717) is 22.8 Å². The van der Waals surface area contributed by atoms with Crippen molar-refractivity contribution in [3.8, 4) is 5.75 Å². The van der Waals surface area contributed by atoms with Gasteiger partial charge in [-0.25, -0.2) is 0 Å². The van der Waals surface area contributed by atoms with E-state index in [1.165, 1.54) is 0 Å². The maximum atomic E-state index is 10.3. The predicted molar refractivity (Wildman–Crippen MR) is 61.2 cm³/mol. The molecule has 1 aromatic rings. The molecule has 0 saturated carbocycles. The molecule has 0 heterocycles. The van der Waals surface area contributed by atoms with Crippen molar-refractivity contribution in [1.82, 2.24) is 0 Å². The zero-order valence-electron chi connectivity index (χ0n) is 8.96. The Morgan fingerprint density at radius 2 is 2.20 bits per heavy atom. The molecule has 0 saturated heterocycles. The van der Waals surface area contributed by atoms with Crippen LogP contribution in [0.2, 0.25) is 5.02 Å². The van der Waals surface area contributed by atoms with Gasteiger partial charge in [-0.1, -0.05) is 18.5 Å². The number of hydrogen-bond donors (Lipinski definition) is 2. The molecule has 3 nitrogen and oxygen atoms in total. The SMILES string of the molecule is CCC(O)(CN)c1cc(Cl)ccc1OC. The van der Waals surface area contributed by atoms with E-state index in [0.717, 1.165) is 0 Å². The minimum Gasteiger partial charge on any atom is -0.496 e. The number of nitrogens with two attached hydrogens (primary N) is 1. The van der Waals surface area contributed by atoms with Crippen LogP contribution in [0.1, 0.15) is 18.9 Å². The van der Waals surface area contributed by atoms with Gasteiger partial charge in [0.1, 0.15) is 11.4 Å². The fourth-order valence-electron chi connectivity index (χ4n) is 1.49. The lowest BCUT2D eigenvalue weighted by molar-refractivity contribution is 0.0394. The summed E-state index contributed by atoms with van der Waals surface area (Å²) in [6, 6.07) is 5.14. The molecule has 1 atom stereocenters. The Morgan fingerprint density at radius 3 is 2.67 bits per heavy atom. The lowest BCUT2D eigenvalue weighted by atomic mass is 9.90. The highest BCUT2D eigenvalue weighted by Crippen LogP contribution is 2.33. The fourth-order valence-corrected chi connectivity index (χ4v) is 1.66. The van der Waals surface area contributed by atoms with Crippen molar-refractivity contribution in [3.05, 3.63) is 28.8 Å². The van der Waals surface area contributed by atoms with E-state index in [1.54, 1.807) is 25.3 Å². The van der Waals surface area contributed by atoms with Crippen LogP contribution in [-0.2, 0) is 5.60 Å². The second kappa shape index (κ2) is 4.84. The summed E-state index contributed by atoms with van der Waals surface area (Å²) in [5.74, 6) is 0.606. The van der Waals surface area contributed by atoms with Crippen LogP contribution in [0, 0.1) is 0 Å². The van der Waals surface area contributed by atoms with Crippen LogP contribution < -0.4 is 10.5 Å². The summed E-state index contributed by atoms with van der Waals surface area (Å²) in [6.07, 6.45) is 0.514. The quantitative estimate of drug-likeness (QED) is 0.829. The monoisotopic (exact) mass is 229 g/mol. The van der Waals surface area contributed by atoms with Crippen molar-refractivity contribution in [2.45, 2.75) is 18.9 Å². The molecular formula is C11H16ClNO2. The van der Waals surface area contributed by atoms with Crippen molar-refractivity contribution in [2.75, 3.05) is 13.7 Å². The molecule has 3 N–H and O–H groups in total. The molecule has 15 heavy (non-hydrogen) atoms. The normalized spacial score (nSPS) is 14.7. The molecule has 0 fully saturated rings. The Bertz CT molecular complexity index is 337. The largest absolute Gasteiger partial charge is 0.496 e. The topological polar surface area (TPSA) is 55.5 Å². The zero-order chi connectivity index (χ0) is 11.5. The zero-order valence-corrected chi connectivity index (χ0v) is 9.71. The van der Waals surface area contributed by atoms with Gasteiger partial charge in [0.15, 0.2) is 0 Å². The molecular weight excluding hydrogens is 214 g/mol. The number of aliphatic hydroxyl groups is 1. The van der Waals surface area contributed by atoms with Crippen molar-refractivity contribution in [1.29, 1.82) is 0 Å². The third-order valence-electron chi connectivity index (χ3n) is 2.59. The summed E-state index contributed by atoms with van der Waals surface area (Å²) in [7, 11) is 1.55. The van der Waals surface area contributed by atoms with Gasteiger partial charge in [-0.2, -0.15) is 0 Å². The molecule has 0 aromatic heterocycles. The molecule has 4 heteroatoms. The fraction of sp³-hybridized carbons (Fsp3) is 0.455. The number of rotatable bonds is 4. The van der Waals surface area contributed by atoms with E-state index in [9.17, 15) is 5.11 Å². The maximum absolute atomic E-state index is 10.3. The Morgan fingerprint density at radius 1 is 1.53 bits per heavy atom. The molecule has 0 aliphatic rings. The molecule has 0 aliphatic carbocycles. The third-order valence-corrected chi connectivity index (χ3v) is 2.82.